The fourth-order valence-corrected chi connectivity index (χ4v) is 4.22. The number of halogens is 2. The van der Waals surface area contributed by atoms with Crippen LogP contribution in [-0.2, 0) is 12.8 Å². The van der Waals surface area contributed by atoms with Crippen molar-refractivity contribution in [1.29, 1.82) is 0 Å². The molecule has 0 saturated heterocycles. The van der Waals surface area contributed by atoms with Gasteiger partial charge < -0.3 is 5.32 Å². The van der Waals surface area contributed by atoms with Crippen LogP contribution in [0.3, 0.4) is 0 Å². The fraction of sp³-hybridized carbons (Fsp3) is 0.375. The van der Waals surface area contributed by atoms with Crippen molar-refractivity contribution in [2.75, 3.05) is 6.54 Å². The molecule has 106 valence electrons. The molecular formula is C16H17ClFNS. The Hall–Kier alpha value is -0.900. The normalized spacial score (nSPS) is 17.4. The van der Waals surface area contributed by atoms with Crippen molar-refractivity contribution in [3.05, 3.63) is 56.0 Å². The first-order valence-corrected chi connectivity index (χ1v) is 8.09. The number of rotatable bonds is 4. The lowest BCUT2D eigenvalue weighted by molar-refractivity contribution is 0.533. The van der Waals surface area contributed by atoms with Gasteiger partial charge in [-0.2, -0.15) is 0 Å². The molecule has 1 heterocycles. The summed E-state index contributed by atoms with van der Waals surface area (Å²) in [5, 5.41) is 3.60. The van der Waals surface area contributed by atoms with E-state index in [0.29, 0.717) is 6.04 Å². The third-order valence-corrected chi connectivity index (χ3v) is 5.28. The number of hydrogen-bond acceptors (Lipinski definition) is 2. The van der Waals surface area contributed by atoms with Crippen LogP contribution in [0.2, 0.25) is 4.34 Å². The van der Waals surface area contributed by atoms with Crippen LogP contribution in [0.4, 0.5) is 4.39 Å². The van der Waals surface area contributed by atoms with Crippen LogP contribution in [0.5, 0.6) is 0 Å². The zero-order chi connectivity index (χ0) is 14.1. The molecule has 20 heavy (non-hydrogen) atoms. The summed E-state index contributed by atoms with van der Waals surface area (Å²) in [5.74, 6) is -0.160. The van der Waals surface area contributed by atoms with Crippen molar-refractivity contribution in [2.24, 2.45) is 0 Å². The molecule has 3 rings (SSSR count). The Kier molecular flexibility index (Phi) is 4.11. The van der Waals surface area contributed by atoms with E-state index in [4.69, 9.17) is 11.6 Å². The third-order valence-electron chi connectivity index (χ3n) is 3.94. The van der Waals surface area contributed by atoms with E-state index in [1.165, 1.54) is 22.1 Å². The molecule has 4 heteroatoms. The standard InChI is InChI=1S/C16H17ClFNS/c1-10-8-12(18)3-2-11(10)6-7-19-14-4-5-15-13(14)9-16(17)20-15/h2-3,8-9,14,19H,4-7H2,1H3. The van der Waals surface area contributed by atoms with Crippen molar-refractivity contribution in [1.82, 2.24) is 5.32 Å². The average molecular weight is 310 g/mol. The second-order valence-corrected chi connectivity index (χ2v) is 7.06. The lowest BCUT2D eigenvalue weighted by Gasteiger charge is -2.13. The molecule has 1 atom stereocenters. The zero-order valence-corrected chi connectivity index (χ0v) is 13.0. The summed E-state index contributed by atoms with van der Waals surface area (Å²) in [4.78, 5) is 1.42. The Morgan fingerprint density at radius 3 is 3.05 bits per heavy atom. The number of hydrogen-bond donors (Lipinski definition) is 1. The van der Waals surface area contributed by atoms with E-state index >= 15 is 0 Å². The molecule has 2 aromatic rings. The maximum Gasteiger partial charge on any atom is 0.123 e. The van der Waals surface area contributed by atoms with Gasteiger partial charge >= 0.3 is 0 Å². The van der Waals surface area contributed by atoms with Crippen molar-refractivity contribution < 1.29 is 4.39 Å². The highest BCUT2D eigenvalue weighted by atomic mass is 35.5. The van der Waals surface area contributed by atoms with Crippen molar-refractivity contribution in [3.8, 4) is 0 Å². The predicted molar refractivity (Wildman–Crippen MR) is 83.2 cm³/mol. The summed E-state index contributed by atoms with van der Waals surface area (Å²) < 4.78 is 13.9. The van der Waals surface area contributed by atoms with Gasteiger partial charge in [0.25, 0.3) is 0 Å². The first-order valence-electron chi connectivity index (χ1n) is 6.90. The molecule has 0 saturated carbocycles. The molecule has 1 aromatic carbocycles. The number of benzene rings is 1. The minimum Gasteiger partial charge on any atom is -0.310 e. The highest BCUT2D eigenvalue weighted by molar-refractivity contribution is 7.16. The van der Waals surface area contributed by atoms with Gasteiger partial charge in [0.1, 0.15) is 5.82 Å². The molecule has 0 fully saturated rings. The van der Waals surface area contributed by atoms with Crippen LogP contribution in [0, 0.1) is 12.7 Å². The third kappa shape index (κ3) is 2.90. The quantitative estimate of drug-likeness (QED) is 0.865. The lowest BCUT2D eigenvalue weighted by atomic mass is 10.1. The van der Waals surface area contributed by atoms with Crippen LogP contribution >= 0.6 is 22.9 Å². The molecule has 0 radical (unpaired) electrons. The molecule has 1 N–H and O–H groups in total. The van der Waals surface area contributed by atoms with Gasteiger partial charge in [-0.25, -0.2) is 4.39 Å². The molecule has 0 amide bonds. The van der Waals surface area contributed by atoms with Gasteiger partial charge in [0.15, 0.2) is 0 Å². The van der Waals surface area contributed by atoms with Crippen molar-refractivity contribution >= 4 is 22.9 Å². The molecule has 0 spiro atoms. The van der Waals surface area contributed by atoms with Crippen molar-refractivity contribution in [3.63, 3.8) is 0 Å². The van der Waals surface area contributed by atoms with Crippen LogP contribution in [-0.4, -0.2) is 6.54 Å². The van der Waals surface area contributed by atoms with E-state index in [1.54, 1.807) is 17.4 Å². The van der Waals surface area contributed by atoms with Gasteiger partial charge in [0.05, 0.1) is 4.34 Å². The molecule has 1 unspecified atom stereocenters. The molecule has 0 bridgehead atoms. The first-order chi connectivity index (χ1) is 9.63. The molecule has 1 aliphatic carbocycles. The SMILES string of the molecule is Cc1cc(F)ccc1CCNC1CCc2sc(Cl)cc21. The van der Waals surface area contributed by atoms with E-state index in [9.17, 15) is 4.39 Å². The summed E-state index contributed by atoms with van der Waals surface area (Å²) in [5.41, 5.74) is 3.61. The van der Waals surface area contributed by atoms with Gasteiger partial charge in [0, 0.05) is 10.9 Å². The largest absolute Gasteiger partial charge is 0.310 e. The van der Waals surface area contributed by atoms with Crippen LogP contribution in [0.15, 0.2) is 24.3 Å². The number of nitrogens with one attached hydrogen (secondary N) is 1. The Balaban J connectivity index is 1.58. The highest BCUT2D eigenvalue weighted by Gasteiger charge is 2.24. The van der Waals surface area contributed by atoms with E-state index in [2.05, 4.69) is 11.4 Å². The predicted octanol–water partition coefficient (Wildman–Crippen LogP) is 4.67. The summed E-state index contributed by atoms with van der Waals surface area (Å²) in [7, 11) is 0. The Labute approximate surface area is 127 Å². The second kappa shape index (κ2) is 5.84. The molecule has 1 nitrogen and oxygen atoms in total. The monoisotopic (exact) mass is 309 g/mol. The number of aryl methyl sites for hydroxylation is 2. The summed E-state index contributed by atoms with van der Waals surface area (Å²) >= 11 is 7.76. The van der Waals surface area contributed by atoms with Crippen LogP contribution in [0.1, 0.15) is 34.0 Å². The average Bonchev–Trinajstić information content (AvgIpc) is 2.92. The topological polar surface area (TPSA) is 12.0 Å². The van der Waals surface area contributed by atoms with Crippen LogP contribution in [0.25, 0.3) is 0 Å². The van der Waals surface area contributed by atoms with Gasteiger partial charge in [-0.05, 0) is 67.6 Å². The smallest absolute Gasteiger partial charge is 0.123 e. The summed E-state index contributed by atoms with van der Waals surface area (Å²) in [6, 6.07) is 7.54. The maximum atomic E-state index is 13.1. The molecule has 1 aromatic heterocycles. The van der Waals surface area contributed by atoms with Gasteiger partial charge in [-0.3, -0.25) is 0 Å². The summed E-state index contributed by atoms with van der Waals surface area (Å²) in [6.45, 7) is 2.87. The zero-order valence-electron chi connectivity index (χ0n) is 11.4. The van der Waals surface area contributed by atoms with Gasteiger partial charge in [-0.1, -0.05) is 17.7 Å². The number of fused-ring (bicyclic) bond motifs is 1. The van der Waals surface area contributed by atoms with Gasteiger partial charge in [0.2, 0.25) is 0 Å². The van der Waals surface area contributed by atoms with Crippen molar-refractivity contribution in [2.45, 2.75) is 32.2 Å². The van der Waals surface area contributed by atoms with E-state index in [-0.39, 0.29) is 5.82 Å². The minimum absolute atomic E-state index is 0.160. The number of thiophene rings is 1. The minimum atomic E-state index is -0.160. The Morgan fingerprint density at radius 1 is 1.40 bits per heavy atom. The molecule has 1 aliphatic rings. The van der Waals surface area contributed by atoms with E-state index in [0.717, 1.165) is 35.7 Å². The van der Waals surface area contributed by atoms with Gasteiger partial charge in [-0.15, -0.1) is 11.3 Å². The van der Waals surface area contributed by atoms with E-state index in [1.807, 2.05) is 13.0 Å². The van der Waals surface area contributed by atoms with E-state index < -0.39 is 0 Å². The van der Waals surface area contributed by atoms with Crippen LogP contribution < -0.4 is 5.32 Å². The molecule has 0 aliphatic heterocycles. The first kappa shape index (κ1) is 14.1. The fourth-order valence-electron chi connectivity index (χ4n) is 2.86. The second-order valence-electron chi connectivity index (χ2n) is 5.30. The highest BCUT2D eigenvalue weighted by Crippen LogP contribution is 2.39. The molecular weight excluding hydrogens is 293 g/mol. The Morgan fingerprint density at radius 2 is 2.25 bits per heavy atom. The lowest BCUT2D eigenvalue weighted by Crippen LogP contribution is -2.22. The Bertz CT molecular complexity index is 623. The summed E-state index contributed by atoms with van der Waals surface area (Å²) in [6.07, 6.45) is 3.20. The maximum absolute atomic E-state index is 13.1.